The highest BCUT2D eigenvalue weighted by Crippen LogP contribution is 2.20. The zero-order chi connectivity index (χ0) is 21.8. The molecule has 0 saturated heterocycles. The molecule has 7 heteroatoms. The van der Waals surface area contributed by atoms with E-state index in [1.54, 1.807) is 24.3 Å². The molecule has 0 fully saturated rings. The van der Waals surface area contributed by atoms with Crippen LogP contribution in [0, 0.1) is 5.82 Å². The minimum absolute atomic E-state index is 0.0197. The number of carbonyl (C=O) groups excluding carboxylic acids is 2. The van der Waals surface area contributed by atoms with Gasteiger partial charge in [0.15, 0.2) is 0 Å². The van der Waals surface area contributed by atoms with Crippen molar-refractivity contribution in [1.29, 1.82) is 0 Å². The van der Waals surface area contributed by atoms with Gasteiger partial charge in [-0.2, -0.15) is 0 Å². The van der Waals surface area contributed by atoms with E-state index in [9.17, 15) is 14.0 Å². The van der Waals surface area contributed by atoms with Gasteiger partial charge in [0, 0.05) is 31.3 Å². The van der Waals surface area contributed by atoms with E-state index in [1.807, 2.05) is 48.0 Å². The van der Waals surface area contributed by atoms with Crippen LogP contribution in [0.25, 0.3) is 11.0 Å². The topological polar surface area (TPSA) is 76.0 Å². The highest BCUT2D eigenvalue weighted by Gasteiger charge is 2.13. The van der Waals surface area contributed by atoms with Crippen molar-refractivity contribution in [1.82, 2.24) is 14.9 Å². The lowest BCUT2D eigenvalue weighted by atomic mass is 10.2. The van der Waals surface area contributed by atoms with Crippen LogP contribution in [-0.4, -0.2) is 27.9 Å². The van der Waals surface area contributed by atoms with Gasteiger partial charge >= 0.3 is 0 Å². The van der Waals surface area contributed by atoms with E-state index in [4.69, 9.17) is 0 Å². The van der Waals surface area contributed by atoms with E-state index in [0.29, 0.717) is 24.2 Å². The maximum absolute atomic E-state index is 13.7. The van der Waals surface area contributed by atoms with Crippen molar-refractivity contribution in [2.45, 2.75) is 6.42 Å². The van der Waals surface area contributed by atoms with Crippen LogP contribution in [0.2, 0.25) is 0 Å². The summed E-state index contributed by atoms with van der Waals surface area (Å²) in [6.45, 7) is 0.321. The van der Waals surface area contributed by atoms with E-state index >= 15 is 0 Å². The minimum atomic E-state index is -0.548. The first-order valence-corrected chi connectivity index (χ1v) is 9.87. The van der Waals surface area contributed by atoms with Gasteiger partial charge in [-0.25, -0.2) is 9.37 Å². The number of rotatable bonds is 6. The van der Waals surface area contributed by atoms with Crippen LogP contribution < -0.4 is 10.6 Å². The highest BCUT2D eigenvalue weighted by atomic mass is 19.1. The molecule has 0 unspecified atom stereocenters. The van der Waals surface area contributed by atoms with Crippen LogP contribution in [-0.2, 0) is 13.5 Å². The molecule has 0 aliphatic rings. The standard InChI is InChI=1S/C24H21FN4O2/c1-29-21-12-11-17(27-23(30)16-7-3-2-4-8-16)15-20(21)28-22(29)13-14-26-24(31)18-9-5-6-10-19(18)25/h2-12,15H,13-14H2,1H3,(H,26,31)(H,27,30). The van der Waals surface area contributed by atoms with E-state index in [1.165, 1.54) is 12.1 Å². The molecular formula is C24H21FN4O2. The normalized spacial score (nSPS) is 10.8. The van der Waals surface area contributed by atoms with Crippen LogP contribution in [0.15, 0.2) is 72.8 Å². The molecule has 0 saturated carbocycles. The van der Waals surface area contributed by atoms with Gasteiger partial charge in [0.25, 0.3) is 11.8 Å². The monoisotopic (exact) mass is 416 g/mol. The molecular weight excluding hydrogens is 395 g/mol. The number of amides is 2. The molecule has 1 heterocycles. The Morgan fingerprint density at radius 3 is 2.48 bits per heavy atom. The number of fused-ring (bicyclic) bond motifs is 1. The Morgan fingerprint density at radius 1 is 0.968 bits per heavy atom. The Hall–Kier alpha value is -4.00. The minimum Gasteiger partial charge on any atom is -0.351 e. The third-order valence-electron chi connectivity index (χ3n) is 5.02. The molecule has 0 radical (unpaired) electrons. The van der Waals surface area contributed by atoms with Crippen LogP contribution in [0.1, 0.15) is 26.5 Å². The SMILES string of the molecule is Cn1c(CCNC(=O)c2ccccc2F)nc2cc(NC(=O)c3ccccc3)ccc21. The molecule has 0 spiro atoms. The molecule has 0 aliphatic heterocycles. The first-order chi connectivity index (χ1) is 15.0. The Labute approximate surface area is 178 Å². The summed E-state index contributed by atoms with van der Waals surface area (Å²) in [4.78, 5) is 29.1. The van der Waals surface area contributed by atoms with Gasteiger partial charge in [0.2, 0.25) is 0 Å². The number of halogens is 1. The zero-order valence-electron chi connectivity index (χ0n) is 16.9. The fourth-order valence-electron chi connectivity index (χ4n) is 3.37. The van der Waals surface area contributed by atoms with Gasteiger partial charge in [-0.1, -0.05) is 30.3 Å². The summed E-state index contributed by atoms with van der Waals surface area (Å²) in [5.41, 5.74) is 2.90. The van der Waals surface area contributed by atoms with Crippen LogP contribution in [0.5, 0.6) is 0 Å². The molecule has 0 atom stereocenters. The third kappa shape index (κ3) is 4.45. The van der Waals surface area contributed by atoms with Gasteiger partial charge in [-0.15, -0.1) is 0 Å². The summed E-state index contributed by atoms with van der Waals surface area (Å²) in [7, 11) is 1.89. The van der Waals surface area contributed by atoms with Crippen molar-refractivity contribution in [3.05, 3.63) is 95.6 Å². The molecule has 3 aromatic carbocycles. The average molecular weight is 416 g/mol. The van der Waals surface area contributed by atoms with Crippen LogP contribution in [0.3, 0.4) is 0 Å². The number of aryl methyl sites for hydroxylation is 1. The van der Waals surface area contributed by atoms with E-state index in [2.05, 4.69) is 15.6 Å². The lowest BCUT2D eigenvalue weighted by Crippen LogP contribution is -2.27. The van der Waals surface area contributed by atoms with Gasteiger partial charge in [-0.3, -0.25) is 9.59 Å². The lowest BCUT2D eigenvalue weighted by molar-refractivity contribution is 0.0949. The first-order valence-electron chi connectivity index (χ1n) is 9.87. The Balaban J connectivity index is 1.43. The summed E-state index contributed by atoms with van der Waals surface area (Å²) >= 11 is 0. The molecule has 4 aromatic rings. The molecule has 6 nitrogen and oxygen atoms in total. The highest BCUT2D eigenvalue weighted by molar-refractivity contribution is 6.05. The number of benzene rings is 3. The second kappa shape index (κ2) is 8.79. The number of carbonyl (C=O) groups is 2. The molecule has 0 bridgehead atoms. The Kier molecular flexibility index (Phi) is 5.75. The molecule has 4 rings (SSSR count). The number of aromatic nitrogens is 2. The Morgan fingerprint density at radius 2 is 1.71 bits per heavy atom. The maximum Gasteiger partial charge on any atom is 0.255 e. The second-order valence-electron chi connectivity index (χ2n) is 7.10. The molecule has 31 heavy (non-hydrogen) atoms. The zero-order valence-corrected chi connectivity index (χ0v) is 16.9. The third-order valence-corrected chi connectivity index (χ3v) is 5.02. The second-order valence-corrected chi connectivity index (χ2v) is 7.10. The molecule has 2 N–H and O–H groups in total. The lowest BCUT2D eigenvalue weighted by Gasteiger charge is -2.06. The summed E-state index contributed by atoms with van der Waals surface area (Å²) in [6, 6.07) is 20.4. The predicted octanol–water partition coefficient (Wildman–Crippen LogP) is 3.94. The van der Waals surface area contributed by atoms with Crippen molar-refractivity contribution < 1.29 is 14.0 Å². The van der Waals surface area contributed by atoms with E-state index in [0.717, 1.165) is 16.9 Å². The number of hydrogen-bond donors (Lipinski definition) is 2. The van der Waals surface area contributed by atoms with Crippen LogP contribution >= 0.6 is 0 Å². The Bertz CT molecular complexity index is 1250. The van der Waals surface area contributed by atoms with Gasteiger partial charge in [-0.05, 0) is 42.5 Å². The fourth-order valence-corrected chi connectivity index (χ4v) is 3.37. The predicted molar refractivity (Wildman–Crippen MR) is 118 cm³/mol. The summed E-state index contributed by atoms with van der Waals surface area (Å²) in [6.07, 6.45) is 0.483. The van der Waals surface area contributed by atoms with Crippen LogP contribution in [0.4, 0.5) is 10.1 Å². The van der Waals surface area contributed by atoms with E-state index < -0.39 is 11.7 Å². The summed E-state index contributed by atoms with van der Waals surface area (Å²) < 4.78 is 15.7. The largest absolute Gasteiger partial charge is 0.351 e. The van der Waals surface area contributed by atoms with E-state index in [-0.39, 0.29) is 11.5 Å². The fraction of sp³-hybridized carbons (Fsp3) is 0.125. The average Bonchev–Trinajstić information content (AvgIpc) is 3.09. The van der Waals surface area contributed by atoms with Gasteiger partial charge in [0.1, 0.15) is 11.6 Å². The molecule has 2 amide bonds. The van der Waals surface area contributed by atoms with Crippen molar-refractivity contribution in [2.75, 3.05) is 11.9 Å². The smallest absolute Gasteiger partial charge is 0.255 e. The number of imidazole rings is 1. The maximum atomic E-state index is 13.7. The number of nitrogens with zero attached hydrogens (tertiary/aromatic N) is 2. The first kappa shape index (κ1) is 20.3. The van der Waals surface area contributed by atoms with Crippen molar-refractivity contribution in [3.63, 3.8) is 0 Å². The van der Waals surface area contributed by atoms with Crippen molar-refractivity contribution in [2.24, 2.45) is 7.05 Å². The molecule has 156 valence electrons. The number of anilines is 1. The van der Waals surface area contributed by atoms with Gasteiger partial charge < -0.3 is 15.2 Å². The van der Waals surface area contributed by atoms with Crippen molar-refractivity contribution >= 4 is 28.5 Å². The van der Waals surface area contributed by atoms with Crippen molar-refractivity contribution in [3.8, 4) is 0 Å². The quantitative estimate of drug-likeness (QED) is 0.500. The van der Waals surface area contributed by atoms with Gasteiger partial charge in [0.05, 0.1) is 16.6 Å². The molecule has 1 aromatic heterocycles. The number of hydrogen-bond acceptors (Lipinski definition) is 3. The summed E-state index contributed by atoms with van der Waals surface area (Å²) in [5.74, 6) is -0.419. The molecule has 0 aliphatic carbocycles. The number of nitrogens with one attached hydrogen (secondary N) is 2. The summed E-state index contributed by atoms with van der Waals surface area (Å²) in [5, 5.41) is 5.61.